The zero-order valence-electron chi connectivity index (χ0n) is 8.87. The normalized spacial score (nSPS) is 7.75. The molecule has 0 radical (unpaired) electrons. The van der Waals surface area contributed by atoms with Crippen LogP contribution in [-0.2, 0) is 21.1 Å². The summed E-state index contributed by atoms with van der Waals surface area (Å²) in [7, 11) is 0. The molecule has 80 valence electrons. The number of rotatable bonds is 1. The first-order valence-corrected chi connectivity index (χ1v) is 4.51. The minimum absolute atomic E-state index is 0. The predicted octanol–water partition coefficient (Wildman–Crippen LogP) is 2.67. The minimum atomic E-state index is 0. The standard InChI is InChI=1S/C10H8N2.C2H3N.Mo/c1-3-7-11-9(5-1)10-6-2-4-8-12-10;1-2-3;/h1-8H;1H3;. The van der Waals surface area contributed by atoms with Crippen LogP contribution in [-0.4, -0.2) is 9.97 Å². The molecule has 0 spiro atoms. The van der Waals surface area contributed by atoms with E-state index < -0.39 is 0 Å². The van der Waals surface area contributed by atoms with Crippen molar-refractivity contribution >= 4 is 0 Å². The van der Waals surface area contributed by atoms with Gasteiger partial charge in [-0.3, -0.25) is 9.97 Å². The largest absolute Gasteiger partial charge is 0.255 e. The van der Waals surface area contributed by atoms with E-state index in [1.165, 1.54) is 6.92 Å². The van der Waals surface area contributed by atoms with Crippen molar-refractivity contribution in [3.63, 3.8) is 0 Å². The summed E-state index contributed by atoms with van der Waals surface area (Å²) < 4.78 is 0. The van der Waals surface area contributed by atoms with Crippen molar-refractivity contribution in [3.05, 3.63) is 48.8 Å². The third-order valence-corrected chi connectivity index (χ3v) is 1.59. The Morgan fingerprint density at radius 2 is 1.31 bits per heavy atom. The number of hydrogen-bond donors (Lipinski definition) is 0. The van der Waals surface area contributed by atoms with Crippen LogP contribution in [0, 0.1) is 11.3 Å². The van der Waals surface area contributed by atoms with E-state index in [1.54, 1.807) is 18.5 Å². The van der Waals surface area contributed by atoms with Gasteiger partial charge in [0.15, 0.2) is 0 Å². The summed E-state index contributed by atoms with van der Waals surface area (Å²) in [6, 6.07) is 13.3. The molecule has 16 heavy (non-hydrogen) atoms. The maximum absolute atomic E-state index is 7.32. The first kappa shape index (κ1) is 14.5. The number of aromatic nitrogens is 2. The molecule has 0 aromatic carbocycles. The van der Waals surface area contributed by atoms with Crippen molar-refractivity contribution in [1.82, 2.24) is 9.97 Å². The van der Waals surface area contributed by atoms with Crippen LogP contribution in [0.15, 0.2) is 48.8 Å². The van der Waals surface area contributed by atoms with E-state index in [1.807, 2.05) is 36.4 Å². The van der Waals surface area contributed by atoms with Crippen LogP contribution < -0.4 is 0 Å². The first-order chi connectivity index (χ1) is 7.38. The quantitative estimate of drug-likeness (QED) is 0.759. The smallest absolute Gasteiger partial charge is 0.0886 e. The van der Waals surface area contributed by atoms with Gasteiger partial charge in [0.2, 0.25) is 0 Å². The fourth-order valence-electron chi connectivity index (χ4n) is 1.03. The van der Waals surface area contributed by atoms with Gasteiger partial charge in [0.25, 0.3) is 0 Å². The van der Waals surface area contributed by atoms with Gasteiger partial charge >= 0.3 is 0 Å². The summed E-state index contributed by atoms with van der Waals surface area (Å²) in [6.45, 7) is 1.43. The van der Waals surface area contributed by atoms with Crippen LogP contribution in [0.5, 0.6) is 0 Å². The molecule has 0 saturated heterocycles. The van der Waals surface area contributed by atoms with Gasteiger partial charge < -0.3 is 0 Å². The van der Waals surface area contributed by atoms with Crippen molar-refractivity contribution in [2.24, 2.45) is 0 Å². The van der Waals surface area contributed by atoms with Crippen molar-refractivity contribution in [3.8, 4) is 17.5 Å². The first-order valence-electron chi connectivity index (χ1n) is 4.51. The molecule has 0 aliphatic heterocycles. The number of pyridine rings is 2. The topological polar surface area (TPSA) is 49.6 Å². The van der Waals surface area contributed by atoms with Crippen LogP contribution in [0.25, 0.3) is 11.4 Å². The van der Waals surface area contributed by atoms with E-state index in [0.29, 0.717) is 0 Å². The van der Waals surface area contributed by atoms with Crippen molar-refractivity contribution in [2.45, 2.75) is 6.92 Å². The van der Waals surface area contributed by atoms with Crippen LogP contribution in [0.4, 0.5) is 0 Å². The molecule has 0 amide bonds. The Kier molecular flexibility index (Phi) is 7.93. The Hall–Kier alpha value is -1.52. The van der Waals surface area contributed by atoms with E-state index in [2.05, 4.69) is 9.97 Å². The fraction of sp³-hybridized carbons (Fsp3) is 0.0833. The third-order valence-electron chi connectivity index (χ3n) is 1.59. The Labute approximate surface area is 109 Å². The maximum Gasteiger partial charge on any atom is 0.0886 e. The van der Waals surface area contributed by atoms with Crippen LogP contribution in [0.2, 0.25) is 0 Å². The van der Waals surface area contributed by atoms with Gasteiger partial charge in [-0.25, -0.2) is 0 Å². The molecule has 2 rings (SSSR count). The summed E-state index contributed by atoms with van der Waals surface area (Å²) in [6.07, 6.45) is 3.54. The molecule has 0 atom stereocenters. The number of nitrogens with zero attached hydrogens (tertiary/aromatic N) is 3. The maximum atomic E-state index is 7.32. The second kappa shape index (κ2) is 8.76. The van der Waals surface area contributed by atoms with Gasteiger partial charge in [-0.15, -0.1) is 0 Å². The van der Waals surface area contributed by atoms with Crippen LogP contribution in [0.3, 0.4) is 0 Å². The Bertz CT molecular complexity index is 386. The average molecular weight is 293 g/mol. The molecule has 0 aliphatic carbocycles. The van der Waals surface area contributed by atoms with E-state index in [0.717, 1.165) is 11.4 Å². The Balaban J connectivity index is 0.000000511. The van der Waals surface area contributed by atoms with E-state index in [-0.39, 0.29) is 21.1 Å². The molecule has 2 aromatic heterocycles. The van der Waals surface area contributed by atoms with E-state index in [4.69, 9.17) is 5.26 Å². The molecule has 0 bridgehead atoms. The second-order valence-electron chi connectivity index (χ2n) is 2.65. The third kappa shape index (κ3) is 4.81. The summed E-state index contributed by atoms with van der Waals surface area (Å²) >= 11 is 0. The van der Waals surface area contributed by atoms with Crippen molar-refractivity contribution in [1.29, 1.82) is 5.26 Å². The zero-order chi connectivity index (χ0) is 10.9. The van der Waals surface area contributed by atoms with Gasteiger partial charge in [0.1, 0.15) is 0 Å². The number of nitriles is 1. The van der Waals surface area contributed by atoms with E-state index in [9.17, 15) is 0 Å². The summed E-state index contributed by atoms with van der Waals surface area (Å²) in [4.78, 5) is 8.37. The molecular formula is C12H11MoN3. The minimum Gasteiger partial charge on any atom is -0.255 e. The second-order valence-corrected chi connectivity index (χ2v) is 2.65. The molecule has 0 aliphatic rings. The molecule has 4 heteroatoms. The van der Waals surface area contributed by atoms with Gasteiger partial charge in [-0.05, 0) is 24.3 Å². The van der Waals surface area contributed by atoms with E-state index >= 15 is 0 Å². The van der Waals surface area contributed by atoms with Crippen molar-refractivity contribution in [2.75, 3.05) is 0 Å². The molecule has 2 aromatic rings. The van der Waals surface area contributed by atoms with Crippen molar-refractivity contribution < 1.29 is 21.1 Å². The summed E-state index contributed by atoms with van der Waals surface area (Å²) in [5.41, 5.74) is 1.83. The Morgan fingerprint density at radius 3 is 1.56 bits per heavy atom. The molecule has 2 heterocycles. The molecule has 0 unspecified atom stereocenters. The molecule has 0 fully saturated rings. The Morgan fingerprint density at radius 1 is 0.938 bits per heavy atom. The average Bonchev–Trinajstić information content (AvgIpc) is 2.32. The molecule has 0 saturated carbocycles. The zero-order valence-corrected chi connectivity index (χ0v) is 10.9. The molecule has 3 nitrogen and oxygen atoms in total. The van der Waals surface area contributed by atoms with Gasteiger partial charge in [0, 0.05) is 40.4 Å². The molecule has 0 N–H and O–H groups in total. The van der Waals surface area contributed by atoms with Crippen LogP contribution in [0.1, 0.15) is 6.92 Å². The SMILES string of the molecule is CC#N.[Mo].c1ccc(-c2ccccn2)nc1. The summed E-state index contributed by atoms with van der Waals surface area (Å²) in [5.74, 6) is 0. The van der Waals surface area contributed by atoms with Crippen LogP contribution >= 0.6 is 0 Å². The molecular weight excluding hydrogens is 282 g/mol. The fourth-order valence-corrected chi connectivity index (χ4v) is 1.03. The monoisotopic (exact) mass is 295 g/mol. The predicted molar refractivity (Wildman–Crippen MR) is 58.8 cm³/mol. The summed E-state index contributed by atoms with van der Waals surface area (Å²) in [5, 5.41) is 7.32. The van der Waals surface area contributed by atoms with Gasteiger partial charge in [-0.1, -0.05) is 12.1 Å². The van der Waals surface area contributed by atoms with Gasteiger partial charge in [-0.2, -0.15) is 5.26 Å². The number of hydrogen-bond acceptors (Lipinski definition) is 3. The van der Waals surface area contributed by atoms with Gasteiger partial charge in [0.05, 0.1) is 17.5 Å².